The lowest BCUT2D eigenvalue weighted by atomic mass is 9.93. The number of alkyl carbamates (subject to hydrolysis) is 1. The van der Waals surface area contributed by atoms with E-state index in [1.807, 2.05) is 6.07 Å². The van der Waals surface area contributed by atoms with Crippen LogP contribution in [0.2, 0.25) is 0 Å². The number of primary amides is 1. The van der Waals surface area contributed by atoms with Gasteiger partial charge in [0.15, 0.2) is 0 Å². The number of amides is 2. The smallest absolute Gasteiger partial charge is 0.408 e. The number of nitrogens with one attached hydrogen (secondary N) is 2. The van der Waals surface area contributed by atoms with Crippen molar-refractivity contribution in [2.45, 2.75) is 64.5 Å². The fourth-order valence-corrected chi connectivity index (χ4v) is 2.77. The summed E-state index contributed by atoms with van der Waals surface area (Å²) in [6.45, 7) is 5.17. The third-order valence-corrected chi connectivity index (χ3v) is 3.87. The van der Waals surface area contributed by atoms with Crippen LogP contribution < -0.4 is 16.6 Å². The van der Waals surface area contributed by atoms with Crippen LogP contribution in [0, 0.1) is 0 Å². The van der Waals surface area contributed by atoms with E-state index in [2.05, 4.69) is 10.3 Å². The van der Waals surface area contributed by atoms with E-state index in [0.717, 1.165) is 36.9 Å². The Hall–Kier alpha value is -2.31. The number of carbonyl (C=O) groups is 2. The van der Waals surface area contributed by atoms with Gasteiger partial charge in [0.1, 0.15) is 11.6 Å². The van der Waals surface area contributed by atoms with E-state index >= 15 is 0 Å². The zero-order valence-electron chi connectivity index (χ0n) is 14.4. The van der Waals surface area contributed by atoms with Gasteiger partial charge in [-0.25, -0.2) is 4.79 Å². The molecule has 1 aromatic heterocycles. The highest BCUT2D eigenvalue weighted by atomic mass is 16.6. The van der Waals surface area contributed by atoms with Crippen LogP contribution in [0.15, 0.2) is 10.9 Å². The number of rotatable bonds is 4. The van der Waals surface area contributed by atoms with Crippen LogP contribution in [-0.2, 0) is 28.8 Å². The third kappa shape index (κ3) is 4.84. The summed E-state index contributed by atoms with van der Waals surface area (Å²) in [4.78, 5) is 38.6. The summed E-state index contributed by atoms with van der Waals surface area (Å²) in [7, 11) is 0. The van der Waals surface area contributed by atoms with Gasteiger partial charge in [0, 0.05) is 17.7 Å². The van der Waals surface area contributed by atoms with Crippen molar-refractivity contribution < 1.29 is 14.3 Å². The molecule has 1 aliphatic rings. The molecule has 132 valence electrons. The maximum absolute atomic E-state index is 12.2. The minimum atomic E-state index is -0.998. The van der Waals surface area contributed by atoms with Gasteiger partial charge in [-0.3, -0.25) is 9.59 Å². The quantitative estimate of drug-likeness (QED) is 0.766. The molecule has 1 aromatic rings. The second-order valence-corrected chi connectivity index (χ2v) is 7.14. The van der Waals surface area contributed by atoms with Crippen molar-refractivity contribution >= 4 is 12.0 Å². The molecule has 2 rings (SSSR count). The van der Waals surface area contributed by atoms with E-state index in [1.165, 1.54) is 0 Å². The molecular formula is C17H25N3O4. The Labute approximate surface area is 141 Å². The van der Waals surface area contributed by atoms with E-state index in [-0.39, 0.29) is 12.0 Å². The Balaban J connectivity index is 2.15. The highest BCUT2D eigenvalue weighted by molar-refractivity contribution is 5.84. The molecule has 1 aliphatic carbocycles. The van der Waals surface area contributed by atoms with Crippen LogP contribution in [0.1, 0.15) is 50.4 Å². The minimum Gasteiger partial charge on any atom is -0.444 e. The summed E-state index contributed by atoms with van der Waals surface area (Å²) < 4.78 is 5.13. The Morgan fingerprint density at radius 3 is 2.62 bits per heavy atom. The number of nitrogens with two attached hydrogens (primary N) is 1. The van der Waals surface area contributed by atoms with Crippen molar-refractivity contribution in [2.75, 3.05) is 0 Å². The molecule has 7 heteroatoms. The number of ether oxygens (including phenoxy) is 1. The monoisotopic (exact) mass is 335 g/mol. The lowest BCUT2D eigenvalue weighted by Crippen LogP contribution is -2.48. The average molecular weight is 335 g/mol. The summed E-state index contributed by atoms with van der Waals surface area (Å²) in [6.07, 6.45) is 3.21. The van der Waals surface area contributed by atoms with Crippen LogP contribution in [0.3, 0.4) is 0 Å². The highest BCUT2D eigenvalue weighted by Crippen LogP contribution is 2.19. The molecule has 0 spiro atoms. The van der Waals surface area contributed by atoms with Gasteiger partial charge in [0.2, 0.25) is 5.91 Å². The van der Waals surface area contributed by atoms with E-state index in [9.17, 15) is 14.4 Å². The van der Waals surface area contributed by atoms with Gasteiger partial charge < -0.3 is 20.8 Å². The molecule has 0 saturated heterocycles. The number of carbonyl (C=O) groups excluding carboxylic acids is 2. The first-order chi connectivity index (χ1) is 11.2. The molecule has 1 unspecified atom stereocenters. The molecule has 24 heavy (non-hydrogen) atoms. The summed E-state index contributed by atoms with van der Waals surface area (Å²) in [5, 5.41) is 2.44. The number of hydrogen-bond donors (Lipinski definition) is 3. The molecule has 0 bridgehead atoms. The van der Waals surface area contributed by atoms with Gasteiger partial charge >= 0.3 is 6.09 Å². The van der Waals surface area contributed by atoms with Crippen molar-refractivity contribution in [2.24, 2.45) is 5.73 Å². The first kappa shape index (κ1) is 18.0. The molecule has 0 aliphatic heterocycles. The molecule has 0 aromatic carbocycles. The van der Waals surface area contributed by atoms with Crippen LogP contribution in [0.25, 0.3) is 0 Å². The van der Waals surface area contributed by atoms with Crippen LogP contribution in [0.5, 0.6) is 0 Å². The van der Waals surface area contributed by atoms with Gasteiger partial charge in [-0.2, -0.15) is 0 Å². The normalized spacial score (nSPS) is 15.3. The fraction of sp³-hybridized carbons (Fsp3) is 0.588. The molecule has 0 radical (unpaired) electrons. The number of aromatic amines is 1. The number of H-pyrrole nitrogens is 1. The van der Waals surface area contributed by atoms with Crippen LogP contribution in [0.4, 0.5) is 4.79 Å². The highest BCUT2D eigenvalue weighted by Gasteiger charge is 2.24. The number of aromatic nitrogens is 1. The first-order valence-corrected chi connectivity index (χ1v) is 8.18. The summed E-state index contributed by atoms with van der Waals surface area (Å²) in [6, 6.07) is 0.822. The maximum atomic E-state index is 12.2. The van der Waals surface area contributed by atoms with E-state index in [4.69, 9.17) is 10.5 Å². The van der Waals surface area contributed by atoms with Crippen LogP contribution >= 0.6 is 0 Å². The zero-order valence-corrected chi connectivity index (χ0v) is 14.4. The largest absolute Gasteiger partial charge is 0.444 e. The third-order valence-electron chi connectivity index (χ3n) is 3.87. The summed E-state index contributed by atoms with van der Waals surface area (Å²) in [5.41, 5.74) is 6.93. The Morgan fingerprint density at radius 1 is 1.33 bits per heavy atom. The van der Waals surface area contributed by atoms with Crippen molar-refractivity contribution in [3.63, 3.8) is 0 Å². The molecule has 2 amide bonds. The average Bonchev–Trinajstić information content (AvgIpc) is 2.45. The zero-order chi connectivity index (χ0) is 17.9. The van der Waals surface area contributed by atoms with Gasteiger partial charge in [-0.15, -0.1) is 0 Å². The molecule has 4 N–H and O–H groups in total. The maximum Gasteiger partial charge on any atom is 0.408 e. The fourth-order valence-electron chi connectivity index (χ4n) is 2.77. The van der Waals surface area contributed by atoms with Crippen molar-refractivity contribution in [3.05, 3.63) is 33.2 Å². The number of pyridine rings is 1. The molecule has 1 atom stereocenters. The summed E-state index contributed by atoms with van der Waals surface area (Å²) in [5.74, 6) is -0.710. The van der Waals surface area contributed by atoms with Gasteiger partial charge in [-0.1, -0.05) is 0 Å². The van der Waals surface area contributed by atoms with E-state index in [0.29, 0.717) is 5.56 Å². The van der Waals surface area contributed by atoms with E-state index in [1.54, 1.807) is 20.8 Å². The first-order valence-electron chi connectivity index (χ1n) is 8.18. The predicted octanol–water partition coefficient (Wildman–Crippen LogP) is 1.17. The van der Waals surface area contributed by atoms with Gasteiger partial charge in [0.25, 0.3) is 5.56 Å². The molecule has 1 heterocycles. The number of aryl methyl sites for hydroxylation is 2. The van der Waals surface area contributed by atoms with Crippen molar-refractivity contribution in [1.29, 1.82) is 0 Å². The number of fused-ring (bicyclic) bond motifs is 1. The lowest BCUT2D eigenvalue weighted by Gasteiger charge is -2.22. The molecule has 0 saturated carbocycles. The standard InChI is InChI=1S/C17H25N3O4/c1-17(2,3)24-16(23)20-13(14(18)21)9-11-8-10-6-4-5-7-12(10)19-15(11)22/h8,13H,4-7,9H2,1-3H3,(H2,18,21)(H,19,22)(H,20,23). The molecule has 7 nitrogen and oxygen atoms in total. The Bertz CT molecular complexity index is 688. The Morgan fingerprint density at radius 2 is 2.00 bits per heavy atom. The van der Waals surface area contributed by atoms with Crippen LogP contribution in [-0.4, -0.2) is 28.6 Å². The van der Waals surface area contributed by atoms with Crippen molar-refractivity contribution in [1.82, 2.24) is 10.3 Å². The topological polar surface area (TPSA) is 114 Å². The van der Waals surface area contributed by atoms with Gasteiger partial charge in [-0.05, 0) is 58.1 Å². The van der Waals surface area contributed by atoms with E-state index < -0.39 is 23.6 Å². The van der Waals surface area contributed by atoms with Gasteiger partial charge in [0.05, 0.1) is 0 Å². The Kier molecular flexibility index (Phi) is 5.31. The second-order valence-electron chi connectivity index (χ2n) is 7.14. The summed E-state index contributed by atoms with van der Waals surface area (Å²) >= 11 is 0. The SMILES string of the molecule is CC(C)(C)OC(=O)NC(Cc1cc2c([nH]c1=O)CCCC2)C(N)=O. The predicted molar refractivity (Wildman–Crippen MR) is 89.8 cm³/mol. The number of hydrogen-bond acceptors (Lipinski definition) is 4. The lowest BCUT2D eigenvalue weighted by molar-refractivity contribution is -0.120. The van der Waals surface area contributed by atoms with Crippen molar-refractivity contribution in [3.8, 4) is 0 Å². The second kappa shape index (κ2) is 7.07. The molecular weight excluding hydrogens is 310 g/mol. The molecule has 0 fully saturated rings. The minimum absolute atomic E-state index is 0.0389.